The number of carbonyl (C=O) groups excluding carboxylic acids is 1. The molecule has 0 unspecified atom stereocenters. The molecule has 0 spiro atoms. The topological polar surface area (TPSA) is 37.3 Å². The van der Waals surface area contributed by atoms with Crippen LogP contribution in [0.5, 0.6) is 0 Å². The molecule has 2 aliphatic carbocycles. The van der Waals surface area contributed by atoms with Crippen molar-refractivity contribution in [1.29, 1.82) is 0 Å². The van der Waals surface area contributed by atoms with E-state index in [1.807, 2.05) is 0 Å². The van der Waals surface area contributed by atoms with Gasteiger partial charge in [-0.25, -0.2) is 0 Å². The minimum atomic E-state index is -0.0706. The fourth-order valence-corrected chi connectivity index (χ4v) is 2.75. The SMILES string of the molecule is CC(=O)C1(CC2CCC(O)CC2)CC1. The number of hydrogen-bond donors (Lipinski definition) is 1. The number of rotatable bonds is 3. The van der Waals surface area contributed by atoms with Gasteiger partial charge in [0.2, 0.25) is 0 Å². The van der Waals surface area contributed by atoms with Crippen LogP contribution in [0.2, 0.25) is 0 Å². The summed E-state index contributed by atoms with van der Waals surface area (Å²) in [5.41, 5.74) is 0.0763. The summed E-state index contributed by atoms with van der Waals surface area (Å²) in [6, 6.07) is 0. The molecule has 0 amide bonds. The summed E-state index contributed by atoms with van der Waals surface area (Å²) in [7, 11) is 0. The zero-order chi connectivity index (χ0) is 10.2. The van der Waals surface area contributed by atoms with Gasteiger partial charge in [0, 0.05) is 5.41 Å². The highest BCUT2D eigenvalue weighted by molar-refractivity contribution is 5.84. The summed E-state index contributed by atoms with van der Waals surface area (Å²) in [5, 5.41) is 9.38. The fraction of sp³-hybridized carbons (Fsp3) is 0.917. The van der Waals surface area contributed by atoms with E-state index in [4.69, 9.17) is 0 Å². The van der Waals surface area contributed by atoms with Crippen LogP contribution in [0.1, 0.15) is 51.9 Å². The molecule has 0 aliphatic heterocycles. The lowest BCUT2D eigenvalue weighted by Gasteiger charge is -2.27. The van der Waals surface area contributed by atoms with E-state index in [2.05, 4.69) is 0 Å². The van der Waals surface area contributed by atoms with Gasteiger partial charge in [-0.2, -0.15) is 0 Å². The third-order valence-electron chi connectivity index (χ3n) is 4.10. The van der Waals surface area contributed by atoms with Crippen LogP contribution in [0.25, 0.3) is 0 Å². The Bertz CT molecular complexity index is 222. The predicted octanol–water partition coefficient (Wildman–Crippen LogP) is 2.30. The molecule has 0 atom stereocenters. The molecule has 14 heavy (non-hydrogen) atoms. The summed E-state index contributed by atoms with van der Waals surface area (Å²) in [6.07, 6.45) is 7.38. The van der Waals surface area contributed by atoms with Gasteiger partial charge in [-0.1, -0.05) is 0 Å². The number of carbonyl (C=O) groups is 1. The maximum absolute atomic E-state index is 11.4. The number of Topliss-reactive ketones (excluding diaryl/α,β-unsaturated/α-hetero) is 1. The van der Waals surface area contributed by atoms with Crippen molar-refractivity contribution in [3.8, 4) is 0 Å². The van der Waals surface area contributed by atoms with Crippen molar-refractivity contribution < 1.29 is 9.90 Å². The number of aliphatic hydroxyl groups is 1. The van der Waals surface area contributed by atoms with Gasteiger partial charge in [-0.3, -0.25) is 4.79 Å². The van der Waals surface area contributed by atoms with Gasteiger partial charge in [0.05, 0.1) is 6.10 Å². The van der Waals surface area contributed by atoms with E-state index in [9.17, 15) is 9.90 Å². The third-order valence-corrected chi connectivity index (χ3v) is 4.10. The van der Waals surface area contributed by atoms with E-state index in [0.29, 0.717) is 11.7 Å². The van der Waals surface area contributed by atoms with Crippen molar-refractivity contribution in [2.24, 2.45) is 11.3 Å². The Morgan fingerprint density at radius 3 is 2.29 bits per heavy atom. The van der Waals surface area contributed by atoms with Gasteiger partial charge in [0.15, 0.2) is 0 Å². The zero-order valence-electron chi connectivity index (χ0n) is 8.96. The fourth-order valence-electron chi connectivity index (χ4n) is 2.75. The lowest BCUT2D eigenvalue weighted by molar-refractivity contribution is -0.122. The van der Waals surface area contributed by atoms with E-state index in [1.54, 1.807) is 6.92 Å². The lowest BCUT2D eigenvalue weighted by Crippen LogP contribution is -2.23. The third kappa shape index (κ3) is 2.00. The van der Waals surface area contributed by atoms with Gasteiger partial charge in [-0.15, -0.1) is 0 Å². The summed E-state index contributed by atoms with van der Waals surface area (Å²) < 4.78 is 0. The van der Waals surface area contributed by atoms with Crippen LogP contribution >= 0.6 is 0 Å². The molecule has 2 saturated carbocycles. The van der Waals surface area contributed by atoms with Crippen LogP contribution in [-0.2, 0) is 4.79 Å². The lowest BCUT2D eigenvalue weighted by atomic mass is 9.79. The van der Waals surface area contributed by atoms with Crippen LogP contribution in [0.15, 0.2) is 0 Å². The van der Waals surface area contributed by atoms with Gasteiger partial charge >= 0.3 is 0 Å². The van der Waals surface area contributed by atoms with Crippen LogP contribution in [0.4, 0.5) is 0 Å². The summed E-state index contributed by atoms with van der Waals surface area (Å²) in [6.45, 7) is 1.74. The maximum Gasteiger partial charge on any atom is 0.135 e. The van der Waals surface area contributed by atoms with Gasteiger partial charge < -0.3 is 5.11 Å². The first-order chi connectivity index (χ1) is 6.62. The first-order valence-electron chi connectivity index (χ1n) is 5.81. The van der Waals surface area contributed by atoms with E-state index < -0.39 is 0 Å². The Labute approximate surface area is 85.7 Å². The molecular weight excluding hydrogens is 176 g/mol. The summed E-state index contributed by atoms with van der Waals surface area (Å²) in [4.78, 5) is 11.4. The Balaban J connectivity index is 1.83. The number of aliphatic hydroxyl groups excluding tert-OH is 1. The van der Waals surface area contributed by atoms with Crippen LogP contribution in [0, 0.1) is 11.3 Å². The molecule has 2 fully saturated rings. The van der Waals surface area contributed by atoms with Crippen molar-refractivity contribution in [3.05, 3.63) is 0 Å². The molecule has 0 aromatic heterocycles. The normalized spacial score (nSPS) is 35.3. The standard InChI is InChI=1S/C12H20O2/c1-9(13)12(6-7-12)8-10-2-4-11(14)5-3-10/h10-11,14H,2-8H2,1H3. The van der Waals surface area contributed by atoms with Crippen molar-refractivity contribution >= 4 is 5.78 Å². The monoisotopic (exact) mass is 196 g/mol. The highest BCUT2D eigenvalue weighted by Crippen LogP contribution is 2.53. The number of ketones is 1. The Morgan fingerprint density at radius 2 is 1.86 bits per heavy atom. The van der Waals surface area contributed by atoms with E-state index in [0.717, 1.165) is 44.9 Å². The largest absolute Gasteiger partial charge is 0.393 e. The predicted molar refractivity (Wildman–Crippen MR) is 54.9 cm³/mol. The molecule has 0 radical (unpaired) electrons. The zero-order valence-corrected chi connectivity index (χ0v) is 8.96. The average molecular weight is 196 g/mol. The van der Waals surface area contributed by atoms with E-state index >= 15 is 0 Å². The number of hydrogen-bond acceptors (Lipinski definition) is 2. The molecule has 2 aliphatic rings. The minimum Gasteiger partial charge on any atom is -0.393 e. The van der Waals surface area contributed by atoms with Crippen molar-refractivity contribution in [3.63, 3.8) is 0 Å². The molecule has 0 heterocycles. The second kappa shape index (κ2) is 3.65. The first kappa shape index (κ1) is 10.2. The van der Waals surface area contributed by atoms with Gasteiger partial charge in [0.1, 0.15) is 5.78 Å². The second-order valence-corrected chi connectivity index (χ2v) is 5.22. The highest BCUT2D eigenvalue weighted by atomic mass is 16.3. The Hall–Kier alpha value is -0.370. The highest BCUT2D eigenvalue weighted by Gasteiger charge is 2.48. The van der Waals surface area contributed by atoms with Crippen molar-refractivity contribution in [1.82, 2.24) is 0 Å². The van der Waals surface area contributed by atoms with E-state index in [1.165, 1.54) is 0 Å². The Morgan fingerprint density at radius 1 is 1.29 bits per heavy atom. The smallest absolute Gasteiger partial charge is 0.135 e. The Kier molecular flexibility index (Phi) is 2.65. The van der Waals surface area contributed by atoms with Crippen LogP contribution < -0.4 is 0 Å². The molecule has 2 rings (SSSR count). The van der Waals surface area contributed by atoms with Gasteiger partial charge in [0.25, 0.3) is 0 Å². The summed E-state index contributed by atoms with van der Waals surface area (Å²) >= 11 is 0. The van der Waals surface area contributed by atoms with Gasteiger partial charge in [-0.05, 0) is 57.8 Å². The van der Waals surface area contributed by atoms with Crippen LogP contribution in [0.3, 0.4) is 0 Å². The molecule has 1 N–H and O–H groups in total. The summed E-state index contributed by atoms with van der Waals surface area (Å²) in [5.74, 6) is 1.09. The molecule has 0 bridgehead atoms. The van der Waals surface area contributed by atoms with Crippen LogP contribution in [-0.4, -0.2) is 17.0 Å². The quantitative estimate of drug-likeness (QED) is 0.752. The molecular formula is C12H20O2. The second-order valence-electron chi connectivity index (χ2n) is 5.22. The molecule has 80 valence electrons. The molecule has 2 heteroatoms. The molecule has 0 aromatic rings. The first-order valence-corrected chi connectivity index (χ1v) is 5.81. The average Bonchev–Trinajstić information content (AvgIpc) is 2.90. The molecule has 2 nitrogen and oxygen atoms in total. The molecule has 0 aromatic carbocycles. The van der Waals surface area contributed by atoms with Crippen molar-refractivity contribution in [2.75, 3.05) is 0 Å². The molecule has 0 saturated heterocycles. The van der Waals surface area contributed by atoms with E-state index in [-0.39, 0.29) is 11.5 Å². The van der Waals surface area contributed by atoms with Crippen molar-refractivity contribution in [2.45, 2.75) is 58.0 Å². The maximum atomic E-state index is 11.4. The minimum absolute atomic E-state index is 0.0706.